The fourth-order valence-corrected chi connectivity index (χ4v) is 3.88. The SMILES string of the molecule is COCCN1C(=O)C2C(C=C(C)C)CC(C=C(C)C)C2C1=O. The van der Waals surface area contributed by atoms with Crippen LogP contribution >= 0.6 is 0 Å². The fourth-order valence-electron chi connectivity index (χ4n) is 3.88. The molecule has 0 aromatic rings. The highest BCUT2D eigenvalue weighted by Crippen LogP contribution is 2.49. The Hall–Kier alpha value is -1.42. The van der Waals surface area contributed by atoms with Gasteiger partial charge in [0.25, 0.3) is 0 Å². The molecule has 1 aliphatic carbocycles. The lowest BCUT2D eigenvalue weighted by Crippen LogP contribution is -2.36. The predicted octanol–water partition coefficient (Wildman–Crippen LogP) is 2.80. The zero-order chi connectivity index (χ0) is 16.4. The molecule has 0 N–H and O–H groups in total. The lowest BCUT2D eigenvalue weighted by atomic mass is 9.88. The van der Waals surface area contributed by atoms with E-state index >= 15 is 0 Å². The second-order valence-electron chi connectivity index (χ2n) is 6.92. The van der Waals surface area contributed by atoms with Crippen LogP contribution in [0.2, 0.25) is 0 Å². The standard InChI is InChI=1S/C18H27NO3/c1-11(2)8-13-10-14(9-12(3)4)16-15(13)17(20)19(18(16)21)6-7-22-5/h8-9,13-16H,6-7,10H2,1-5H3. The van der Waals surface area contributed by atoms with Gasteiger partial charge in [-0.3, -0.25) is 14.5 Å². The fraction of sp³-hybridized carbons (Fsp3) is 0.667. The van der Waals surface area contributed by atoms with E-state index in [1.54, 1.807) is 7.11 Å². The van der Waals surface area contributed by atoms with Crippen LogP contribution in [0.25, 0.3) is 0 Å². The minimum atomic E-state index is -0.195. The van der Waals surface area contributed by atoms with Crippen molar-refractivity contribution >= 4 is 11.8 Å². The number of carbonyl (C=O) groups excluding carboxylic acids is 2. The maximum Gasteiger partial charge on any atom is 0.233 e. The molecule has 4 nitrogen and oxygen atoms in total. The predicted molar refractivity (Wildman–Crippen MR) is 86.0 cm³/mol. The van der Waals surface area contributed by atoms with Gasteiger partial charge in [0.15, 0.2) is 0 Å². The van der Waals surface area contributed by atoms with E-state index in [-0.39, 0.29) is 35.5 Å². The van der Waals surface area contributed by atoms with Crippen molar-refractivity contribution in [3.8, 4) is 0 Å². The van der Waals surface area contributed by atoms with Crippen molar-refractivity contribution in [2.45, 2.75) is 34.1 Å². The molecule has 1 saturated carbocycles. The number of likely N-dealkylation sites (tertiary alicyclic amines) is 1. The summed E-state index contributed by atoms with van der Waals surface area (Å²) in [6.07, 6.45) is 5.23. The van der Waals surface area contributed by atoms with Crippen molar-refractivity contribution < 1.29 is 14.3 Å². The number of hydrogen-bond acceptors (Lipinski definition) is 3. The summed E-state index contributed by atoms with van der Waals surface area (Å²) in [7, 11) is 1.59. The third-order valence-electron chi connectivity index (χ3n) is 4.57. The van der Waals surface area contributed by atoms with E-state index < -0.39 is 0 Å². The first-order valence-corrected chi connectivity index (χ1v) is 8.01. The monoisotopic (exact) mass is 305 g/mol. The van der Waals surface area contributed by atoms with E-state index in [0.717, 1.165) is 6.42 Å². The number of amides is 2. The molecular formula is C18H27NO3. The molecule has 2 aliphatic rings. The lowest BCUT2D eigenvalue weighted by Gasteiger charge is -2.19. The Morgan fingerprint density at radius 1 is 1.05 bits per heavy atom. The van der Waals surface area contributed by atoms with Crippen molar-refractivity contribution in [1.29, 1.82) is 0 Å². The van der Waals surface area contributed by atoms with Crippen LogP contribution in [-0.4, -0.2) is 37.0 Å². The highest BCUT2D eigenvalue weighted by molar-refractivity contribution is 6.06. The van der Waals surface area contributed by atoms with Crippen LogP contribution in [0.15, 0.2) is 23.3 Å². The van der Waals surface area contributed by atoms with Crippen LogP contribution in [0.3, 0.4) is 0 Å². The quantitative estimate of drug-likeness (QED) is 0.579. The Morgan fingerprint density at radius 3 is 1.86 bits per heavy atom. The molecule has 0 aromatic carbocycles. The van der Waals surface area contributed by atoms with Crippen molar-refractivity contribution in [3.05, 3.63) is 23.3 Å². The number of rotatable bonds is 5. The summed E-state index contributed by atoms with van der Waals surface area (Å²) in [4.78, 5) is 26.9. The normalized spacial score (nSPS) is 30.5. The minimum absolute atomic E-state index is 0.0146. The van der Waals surface area contributed by atoms with E-state index in [4.69, 9.17) is 4.74 Å². The number of ether oxygens (including phenoxy) is 1. The molecule has 4 unspecified atom stereocenters. The molecule has 22 heavy (non-hydrogen) atoms. The highest BCUT2D eigenvalue weighted by atomic mass is 16.5. The maximum atomic E-state index is 12.7. The second-order valence-corrected chi connectivity index (χ2v) is 6.92. The van der Waals surface area contributed by atoms with E-state index in [9.17, 15) is 9.59 Å². The molecule has 1 saturated heterocycles. The molecule has 0 aromatic heterocycles. The first-order chi connectivity index (χ1) is 10.4. The van der Waals surface area contributed by atoms with Crippen LogP contribution in [0.1, 0.15) is 34.1 Å². The Labute approximate surface area is 133 Å². The van der Waals surface area contributed by atoms with Gasteiger partial charge in [-0.15, -0.1) is 0 Å². The molecule has 0 radical (unpaired) electrons. The van der Waals surface area contributed by atoms with Gasteiger partial charge in [-0.05, 0) is 46.0 Å². The van der Waals surface area contributed by atoms with Crippen LogP contribution < -0.4 is 0 Å². The van der Waals surface area contributed by atoms with E-state index in [1.165, 1.54) is 16.0 Å². The highest BCUT2D eigenvalue weighted by Gasteiger charge is 2.57. The van der Waals surface area contributed by atoms with Crippen LogP contribution in [0, 0.1) is 23.7 Å². The van der Waals surface area contributed by atoms with Crippen molar-refractivity contribution in [2.24, 2.45) is 23.7 Å². The molecule has 2 rings (SSSR count). The van der Waals surface area contributed by atoms with Gasteiger partial charge in [0.2, 0.25) is 11.8 Å². The Balaban J connectivity index is 2.32. The van der Waals surface area contributed by atoms with Crippen LogP contribution in [0.4, 0.5) is 0 Å². The van der Waals surface area contributed by atoms with E-state index in [0.29, 0.717) is 13.2 Å². The third kappa shape index (κ3) is 3.17. The van der Waals surface area contributed by atoms with Gasteiger partial charge in [-0.2, -0.15) is 0 Å². The summed E-state index contributed by atoms with van der Waals surface area (Å²) in [6, 6.07) is 0. The first-order valence-electron chi connectivity index (χ1n) is 8.01. The summed E-state index contributed by atoms with van der Waals surface area (Å²) >= 11 is 0. The topological polar surface area (TPSA) is 46.6 Å². The van der Waals surface area contributed by atoms with Gasteiger partial charge in [-0.25, -0.2) is 0 Å². The summed E-state index contributed by atoms with van der Waals surface area (Å²) in [6.45, 7) is 8.96. The van der Waals surface area contributed by atoms with Crippen molar-refractivity contribution in [2.75, 3.05) is 20.3 Å². The smallest absolute Gasteiger partial charge is 0.233 e. The second kappa shape index (κ2) is 6.78. The minimum Gasteiger partial charge on any atom is -0.383 e. The van der Waals surface area contributed by atoms with Gasteiger partial charge < -0.3 is 4.74 Å². The number of allylic oxidation sites excluding steroid dienone is 4. The molecule has 122 valence electrons. The van der Waals surface area contributed by atoms with Gasteiger partial charge in [-0.1, -0.05) is 23.3 Å². The molecule has 4 atom stereocenters. The van der Waals surface area contributed by atoms with Gasteiger partial charge in [0, 0.05) is 7.11 Å². The number of nitrogens with zero attached hydrogens (tertiary/aromatic N) is 1. The summed E-state index contributed by atoms with van der Waals surface area (Å²) in [5, 5.41) is 0. The van der Waals surface area contributed by atoms with E-state index in [1.807, 2.05) is 27.7 Å². The Kier molecular flexibility index (Phi) is 5.22. The van der Waals surface area contributed by atoms with Crippen LogP contribution in [-0.2, 0) is 14.3 Å². The maximum absolute atomic E-state index is 12.7. The average molecular weight is 305 g/mol. The van der Waals surface area contributed by atoms with Crippen molar-refractivity contribution in [1.82, 2.24) is 4.90 Å². The zero-order valence-electron chi connectivity index (χ0n) is 14.3. The van der Waals surface area contributed by atoms with Crippen molar-refractivity contribution in [3.63, 3.8) is 0 Å². The number of methoxy groups -OCH3 is 1. The number of imide groups is 1. The molecule has 0 bridgehead atoms. The third-order valence-corrected chi connectivity index (χ3v) is 4.57. The summed E-state index contributed by atoms with van der Waals surface area (Å²) in [5.74, 6) is -0.0858. The Bertz CT molecular complexity index is 470. The number of hydrogen-bond donors (Lipinski definition) is 0. The van der Waals surface area contributed by atoms with Gasteiger partial charge in [0.1, 0.15) is 0 Å². The molecular weight excluding hydrogens is 278 g/mol. The number of fused-ring (bicyclic) bond motifs is 1. The zero-order valence-corrected chi connectivity index (χ0v) is 14.3. The molecule has 2 fully saturated rings. The summed E-state index contributed by atoms with van der Waals surface area (Å²) < 4.78 is 5.04. The average Bonchev–Trinajstić information content (AvgIpc) is 2.86. The van der Waals surface area contributed by atoms with Gasteiger partial charge >= 0.3 is 0 Å². The van der Waals surface area contributed by atoms with Gasteiger partial charge in [0.05, 0.1) is 25.0 Å². The molecule has 1 heterocycles. The summed E-state index contributed by atoms with van der Waals surface area (Å²) in [5.41, 5.74) is 2.41. The lowest BCUT2D eigenvalue weighted by molar-refractivity contribution is -0.141. The van der Waals surface area contributed by atoms with Crippen LogP contribution in [0.5, 0.6) is 0 Å². The molecule has 2 amide bonds. The molecule has 4 heteroatoms. The molecule has 1 aliphatic heterocycles. The first kappa shape index (κ1) is 16.9. The molecule has 0 spiro atoms. The largest absolute Gasteiger partial charge is 0.383 e. The Morgan fingerprint density at radius 2 is 1.50 bits per heavy atom. The number of carbonyl (C=O) groups is 2. The van der Waals surface area contributed by atoms with E-state index in [2.05, 4.69) is 12.2 Å².